The lowest BCUT2D eigenvalue weighted by Crippen LogP contribution is -2.08. The fraction of sp³-hybridized carbons (Fsp3) is 0.357. The van der Waals surface area contributed by atoms with Gasteiger partial charge in [-0.2, -0.15) is 13.2 Å². The number of carbonyl (C=O) groups is 1. The molecule has 0 amide bonds. The van der Waals surface area contributed by atoms with Gasteiger partial charge in [0, 0.05) is 16.9 Å². The number of hydrogen-bond acceptors (Lipinski definition) is 5. The minimum atomic E-state index is -4.22. The van der Waals surface area contributed by atoms with Gasteiger partial charge in [0.05, 0.1) is 18.5 Å². The summed E-state index contributed by atoms with van der Waals surface area (Å²) in [6, 6.07) is 8.81. The van der Waals surface area contributed by atoms with Gasteiger partial charge in [0.1, 0.15) is 18.6 Å². The van der Waals surface area contributed by atoms with E-state index in [0.29, 0.717) is 23.6 Å². The number of nitrogens with zero attached hydrogens (tertiary/aromatic N) is 1. The average Bonchev–Trinajstić information content (AvgIpc) is 3.40. The fourth-order valence-electron chi connectivity index (χ4n) is 3.14. The molecule has 1 N–H and O–H groups in total. The lowest BCUT2D eigenvalue weighted by molar-refractivity contribution is -0.137. The molecule has 0 bridgehead atoms. The third-order valence-corrected chi connectivity index (χ3v) is 5.98. The summed E-state index contributed by atoms with van der Waals surface area (Å²) in [5.41, 5.74) is 2.94. The van der Waals surface area contributed by atoms with Crippen molar-refractivity contribution < 1.29 is 32.3 Å². The fourth-order valence-corrected chi connectivity index (χ4v) is 3.71. The summed E-state index contributed by atoms with van der Waals surface area (Å²) in [6.07, 6.45) is 5.94. The normalized spacial score (nSPS) is 13.8. The van der Waals surface area contributed by atoms with Gasteiger partial charge in [0.2, 0.25) is 0 Å². The van der Waals surface area contributed by atoms with Crippen LogP contribution < -0.4 is 4.74 Å². The van der Waals surface area contributed by atoms with E-state index in [2.05, 4.69) is 5.16 Å². The number of thioether (sulfide) groups is 1. The first-order valence-electron chi connectivity index (χ1n) is 11.8. The van der Waals surface area contributed by atoms with E-state index in [4.69, 9.17) is 9.26 Å². The first-order chi connectivity index (χ1) is 17.6. The highest BCUT2D eigenvalue weighted by Crippen LogP contribution is 2.29. The quantitative estimate of drug-likeness (QED) is 0.274. The van der Waals surface area contributed by atoms with Crippen molar-refractivity contribution in [2.45, 2.75) is 52.6 Å². The van der Waals surface area contributed by atoms with Crippen molar-refractivity contribution in [1.29, 1.82) is 0 Å². The van der Waals surface area contributed by atoms with Crippen molar-refractivity contribution in [2.75, 3.05) is 12.9 Å². The van der Waals surface area contributed by atoms with Crippen molar-refractivity contribution in [3.8, 4) is 5.75 Å². The van der Waals surface area contributed by atoms with Crippen molar-refractivity contribution in [3.63, 3.8) is 0 Å². The zero-order valence-corrected chi connectivity index (χ0v) is 22.5. The van der Waals surface area contributed by atoms with Crippen LogP contribution in [0.5, 0.6) is 5.75 Å². The van der Waals surface area contributed by atoms with Crippen LogP contribution in [0.4, 0.5) is 13.2 Å². The van der Waals surface area contributed by atoms with E-state index in [0.717, 1.165) is 22.1 Å². The first-order valence-corrected chi connectivity index (χ1v) is 13.0. The smallest absolute Gasteiger partial charge is 0.392 e. The van der Waals surface area contributed by atoms with Gasteiger partial charge in [-0.15, -0.1) is 11.8 Å². The molecule has 2 aromatic rings. The summed E-state index contributed by atoms with van der Waals surface area (Å²) in [7, 11) is 0. The van der Waals surface area contributed by atoms with Crippen LogP contribution in [0.2, 0.25) is 0 Å². The van der Waals surface area contributed by atoms with Crippen LogP contribution in [0, 0.1) is 0 Å². The number of alkyl halides is 3. The minimum Gasteiger partial charge on any atom is -0.488 e. The average molecular weight is 538 g/mol. The predicted molar refractivity (Wildman–Crippen MR) is 143 cm³/mol. The largest absolute Gasteiger partial charge is 0.488 e. The summed E-state index contributed by atoms with van der Waals surface area (Å²) in [5, 5.41) is 13.1. The number of allylic oxidation sites excluding steroid dienone is 7. The highest BCUT2D eigenvalue weighted by molar-refractivity contribution is 8.02. The molecule has 9 heteroatoms. The standard InChI is InChI=1S/C26H28F3NO4S.C2H6/c1-4-19(6-5-14-26(27,28)29)8-7-18(2)24(35-3)17-33-21-11-9-20(10-12-21)22(16-25(31)32)23-13-15-34-30-23;1-2/h4-13,15,22H,14,16-17H2,1-3H3,(H,31,32);1-2H3/b6-5-,8-7+,19-4+,24-18-;. The van der Waals surface area contributed by atoms with Gasteiger partial charge in [0.15, 0.2) is 0 Å². The molecule has 0 fully saturated rings. The SMILES string of the molecule is C/C=C(\C=C/CC(F)(F)F)/C=C/C(C)=C(/COc1ccc(C(CC(=O)O)c2ccon2)cc1)SC.CC. The Hall–Kier alpha value is -3.20. The topological polar surface area (TPSA) is 72.6 Å². The van der Waals surface area contributed by atoms with Gasteiger partial charge < -0.3 is 14.4 Å². The zero-order chi connectivity index (χ0) is 27.8. The minimum absolute atomic E-state index is 0.114. The van der Waals surface area contributed by atoms with Crippen LogP contribution in [0.3, 0.4) is 0 Å². The summed E-state index contributed by atoms with van der Waals surface area (Å²) in [6.45, 7) is 7.99. The van der Waals surface area contributed by atoms with Crippen molar-refractivity contribution in [2.24, 2.45) is 0 Å². The van der Waals surface area contributed by atoms with Crippen molar-refractivity contribution >= 4 is 17.7 Å². The molecule has 1 aromatic carbocycles. The van der Waals surface area contributed by atoms with Gasteiger partial charge in [-0.3, -0.25) is 4.79 Å². The molecule has 0 aliphatic carbocycles. The number of carboxylic acid groups (broad SMARTS) is 1. The highest BCUT2D eigenvalue weighted by atomic mass is 32.2. The summed E-state index contributed by atoms with van der Waals surface area (Å²) >= 11 is 1.52. The second-order valence-corrected chi connectivity index (χ2v) is 8.49. The van der Waals surface area contributed by atoms with Crippen LogP contribution in [-0.4, -0.2) is 35.3 Å². The number of aromatic nitrogens is 1. The molecule has 0 aliphatic heterocycles. The predicted octanol–water partition coefficient (Wildman–Crippen LogP) is 8.33. The molecule has 1 aromatic heterocycles. The third kappa shape index (κ3) is 12.1. The number of benzene rings is 1. The molecule has 37 heavy (non-hydrogen) atoms. The van der Waals surface area contributed by atoms with Crippen LogP contribution in [0.15, 0.2) is 87.5 Å². The Bertz CT molecular complexity index is 1070. The van der Waals surface area contributed by atoms with Crippen molar-refractivity contribution in [3.05, 3.63) is 94.3 Å². The third-order valence-electron chi connectivity index (χ3n) is 5.05. The molecule has 1 heterocycles. The van der Waals surface area contributed by atoms with E-state index in [1.54, 1.807) is 49.4 Å². The molecule has 0 saturated carbocycles. The van der Waals surface area contributed by atoms with Gasteiger partial charge >= 0.3 is 12.1 Å². The summed E-state index contributed by atoms with van der Waals surface area (Å²) < 4.78 is 47.8. The molecular formula is C28H34F3NO4S. The molecular weight excluding hydrogens is 503 g/mol. The number of ether oxygens (including phenoxy) is 1. The Morgan fingerprint density at radius 3 is 2.35 bits per heavy atom. The van der Waals surface area contributed by atoms with E-state index in [1.807, 2.05) is 33.1 Å². The number of halogens is 3. The molecule has 0 aliphatic rings. The van der Waals surface area contributed by atoms with E-state index in [-0.39, 0.29) is 6.42 Å². The Kier molecular flexibility index (Phi) is 14.2. The lowest BCUT2D eigenvalue weighted by atomic mass is 9.92. The second kappa shape index (κ2) is 16.5. The Labute approximate surface area is 220 Å². The molecule has 0 spiro atoms. The zero-order valence-electron chi connectivity index (χ0n) is 21.7. The van der Waals surface area contributed by atoms with E-state index in [9.17, 15) is 23.1 Å². The molecule has 5 nitrogen and oxygen atoms in total. The maximum absolute atomic E-state index is 12.3. The number of carboxylic acids is 1. The Morgan fingerprint density at radius 1 is 1.16 bits per heavy atom. The molecule has 1 unspecified atom stereocenters. The molecule has 2 rings (SSSR count). The first kappa shape index (κ1) is 31.8. The molecule has 0 saturated heterocycles. The maximum atomic E-state index is 12.3. The number of hydrogen-bond donors (Lipinski definition) is 1. The van der Waals surface area contributed by atoms with Crippen LogP contribution >= 0.6 is 11.8 Å². The second-order valence-electron chi connectivity index (χ2n) is 7.59. The molecule has 1 atom stereocenters. The monoisotopic (exact) mass is 537 g/mol. The number of aliphatic carboxylic acids is 1. The van der Waals surface area contributed by atoms with E-state index < -0.39 is 24.5 Å². The molecule has 0 radical (unpaired) electrons. The summed E-state index contributed by atoms with van der Waals surface area (Å²) in [5.74, 6) is -0.746. The highest BCUT2D eigenvalue weighted by Gasteiger charge is 2.24. The van der Waals surface area contributed by atoms with E-state index >= 15 is 0 Å². The Balaban J connectivity index is 0.00000334. The van der Waals surface area contributed by atoms with Gasteiger partial charge in [0.25, 0.3) is 0 Å². The van der Waals surface area contributed by atoms with Crippen molar-refractivity contribution in [1.82, 2.24) is 5.16 Å². The number of rotatable bonds is 12. The van der Waals surface area contributed by atoms with Crippen LogP contribution in [0.25, 0.3) is 0 Å². The van der Waals surface area contributed by atoms with Crippen LogP contribution in [0.1, 0.15) is 57.7 Å². The molecule has 202 valence electrons. The summed E-state index contributed by atoms with van der Waals surface area (Å²) in [4.78, 5) is 12.2. The maximum Gasteiger partial charge on any atom is 0.392 e. The van der Waals surface area contributed by atoms with Gasteiger partial charge in [-0.05, 0) is 48.9 Å². The van der Waals surface area contributed by atoms with E-state index in [1.165, 1.54) is 24.1 Å². The van der Waals surface area contributed by atoms with Crippen LogP contribution in [-0.2, 0) is 4.79 Å². The van der Waals surface area contributed by atoms with Gasteiger partial charge in [-0.1, -0.05) is 61.5 Å². The van der Waals surface area contributed by atoms with Gasteiger partial charge in [-0.25, -0.2) is 0 Å². The lowest BCUT2D eigenvalue weighted by Gasteiger charge is -2.14. The Morgan fingerprint density at radius 2 is 1.84 bits per heavy atom.